The topological polar surface area (TPSA) is 60.7 Å². The Morgan fingerprint density at radius 3 is 2.71 bits per heavy atom. The molecule has 0 aliphatic carbocycles. The quantitative estimate of drug-likeness (QED) is 0.635. The maximum absolute atomic E-state index is 13.6. The smallest absolute Gasteiger partial charge is 0.218 e. The summed E-state index contributed by atoms with van der Waals surface area (Å²) >= 11 is 0. The monoisotopic (exact) mass is 283 g/mol. The van der Waals surface area contributed by atoms with Crippen LogP contribution in [-0.2, 0) is 0 Å². The van der Waals surface area contributed by atoms with Crippen LogP contribution in [-0.4, -0.2) is 10.1 Å². The highest BCUT2D eigenvalue weighted by atomic mass is 19.1. The number of rotatable bonds is 2. The molecule has 2 N–H and O–H groups in total. The first kappa shape index (κ1) is 13.3. The molecule has 1 heterocycles. The molecule has 2 aromatic carbocycles. The number of azo groups is 1. The zero-order valence-corrected chi connectivity index (χ0v) is 11.7. The number of halogens is 1. The Labute approximate surface area is 121 Å². The summed E-state index contributed by atoms with van der Waals surface area (Å²) in [4.78, 5) is 2.58. The molecule has 0 aliphatic heterocycles. The first-order valence-electron chi connectivity index (χ1n) is 6.54. The molecule has 0 atom stereocenters. The van der Waals surface area contributed by atoms with E-state index in [2.05, 4.69) is 15.2 Å². The molecule has 0 aliphatic rings. The molecule has 3 aromatic rings. The van der Waals surface area contributed by atoms with Gasteiger partial charge in [-0.2, -0.15) is 5.11 Å². The molecule has 1 aromatic heterocycles. The Kier molecular flexibility index (Phi) is 3.17. The van der Waals surface area contributed by atoms with Crippen molar-refractivity contribution in [2.75, 3.05) is 0 Å². The van der Waals surface area contributed by atoms with Gasteiger partial charge in [-0.15, -0.1) is 5.11 Å². The molecule has 5 heteroatoms. The lowest BCUT2D eigenvalue weighted by atomic mass is 10.1. The number of aromatic nitrogens is 1. The normalized spacial score (nSPS) is 11.6. The van der Waals surface area contributed by atoms with Gasteiger partial charge in [-0.1, -0.05) is 24.3 Å². The third-order valence-corrected chi connectivity index (χ3v) is 3.36. The van der Waals surface area contributed by atoms with Crippen molar-refractivity contribution in [3.8, 4) is 5.88 Å². The number of fused-ring (bicyclic) bond motifs is 1. The number of nitrogens with one attached hydrogen (secondary N) is 1. The highest BCUT2D eigenvalue weighted by Gasteiger charge is 2.13. The van der Waals surface area contributed by atoms with Crippen molar-refractivity contribution in [1.82, 2.24) is 4.98 Å². The second-order valence-electron chi connectivity index (χ2n) is 4.97. The first-order chi connectivity index (χ1) is 10.1. The summed E-state index contributed by atoms with van der Waals surface area (Å²) in [6.07, 6.45) is 0. The summed E-state index contributed by atoms with van der Waals surface area (Å²) in [6, 6.07) is 10.4. The highest BCUT2D eigenvalue weighted by molar-refractivity contribution is 5.94. The van der Waals surface area contributed by atoms with Crippen molar-refractivity contribution >= 4 is 22.3 Å². The lowest BCUT2D eigenvalue weighted by Gasteiger charge is -2.00. The SMILES string of the molecule is Cc1ccc(C)c(N=Nc2c(O)[nH]c3c(F)cccc23)c1. The van der Waals surface area contributed by atoms with Gasteiger partial charge in [-0.25, -0.2) is 4.39 Å². The van der Waals surface area contributed by atoms with Crippen molar-refractivity contribution in [3.63, 3.8) is 0 Å². The van der Waals surface area contributed by atoms with Crippen LogP contribution in [0.25, 0.3) is 10.9 Å². The summed E-state index contributed by atoms with van der Waals surface area (Å²) in [5.74, 6) is -0.625. The van der Waals surface area contributed by atoms with Crippen LogP contribution < -0.4 is 0 Å². The van der Waals surface area contributed by atoms with E-state index in [9.17, 15) is 9.50 Å². The first-order valence-corrected chi connectivity index (χ1v) is 6.54. The fourth-order valence-electron chi connectivity index (χ4n) is 2.19. The minimum absolute atomic E-state index is 0.191. The Balaban J connectivity index is 2.09. The number of hydrogen-bond acceptors (Lipinski definition) is 3. The average Bonchev–Trinajstić information content (AvgIpc) is 2.77. The van der Waals surface area contributed by atoms with Gasteiger partial charge in [0.25, 0.3) is 0 Å². The Bertz CT molecular complexity index is 852. The average molecular weight is 283 g/mol. The summed E-state index contributed by atoms with van der Waals surface area (Å²) in [7, 11) is 0. The molecular formula is C16H14FN3O. The van der Waals surface area contributed by atoms with E-state index in [1.54, 1.807) is 12.1 Å². The van der Waals surface area contributed by atoms with E-state index in [-0.39, 0.29) is 17.1 Å². The number of aromatic amines is 1. The second kappa shape index (κ2) is 5.01. The molecule has 0 bridgehead atoms. The molecule has 3 rings (SSSR count). The van der Waals surface area contributed by atoms with Crippen molar-refractivity contribution < 1.29 is 9.50 Å². The number of aromatic hydroxyl groups is 1. The van der Waals surface area contributed by atoms with Gasteiger partial charge in [0.15, 0.2) is 5.69 Å². The van der Waals surface area contributed by atoms with Gasteiger partial charge in [0.1, 0.15) is 5.82 Å². The van der Waals surface area contributed by atoms with Crippen LogP contribution in [0.15, 0.2) is 46.6 Å². The standard InChI is InChI=1S/C16H14FN3O/c1-9-6-7-10(2)13(8-9)19-20-15-11-4-3-5-12(17)14(11)18-16(15)21/h3-8,18,21H,1-2H3. The summed E-state index contributed by atoms with van der Waals surface area (Å²) in [5, 5.41) is 18.6. The maximum Gasteiger partial charge on any atom is 0.218 e. The lowest BCUT2D eigenvalue weighted by molar-refractivity contribution is 0.459. The van der Waals surface area contributed by atoms with E-state index in [0.717, 1.165) is 16.8 Å². The zero-order valence-electron chi connectivity index (χ0n) is 11.7. The van der Waals surface area contributed by atoms with Crippen LogP contribution in [0.4, 0.5) is 15.8 Å². The molecule has 0 saturated heterocycles. The molecule has 21 heavy (non-hydrogen) atoms. The molecule has 0 spiro atoms. The minimum atomic E-state index is -0.434. The fourth-order valence-corrected chi connectivity index (χ4v) is 2.19. The van der Waals surface area contributed by atoms with Gasteiger partial charge < -0.3 is 10.1 Å². The van der Waals surface area contributed by atoms with Gasteiger partial charge in [-0.3, -0.25) is 0 Å². The predicted octanol–water partition coefficient (Wildman–Crippen LogP) is 5.04. The van der Waals surface area contributed by atoms with Crippen LogP contribution in [0.1, 0.15) is 11.1 Å². The molecule has 0 saturated carbocycles. The zero-order chi connectivity index (χ0) is 15.0. The number of aryl methyl sites for hydroxylation is 2. The number of hydrogen-bond donors (Lipinski definition) is 2. The number of benzene rings is 2. The second-order valence-corrected chi connectivity index (χ2v) is 4.97. The molecule has 4 nitrogen and oxygen atoms in total. The largest absolute Gasteiger partial charge is 0.493 e. The summed E-state index contributed by atoms with van der Waals surface area (Å²) in [6.45, 7) is 3.90. The van der Waals surface area contributed by atoms with Crippen LogP contribution in [0, 0.1) is 19.7 Å². The lowest BCUT2D eigenvalue weighted by Crippen LogP contribution is -1.76. The third kappa shape index (κ3) is 2.38. The van der Waals surface area contributed by atoms with Gasteiger partial charge in [0.05, 0.1) is 11.2 Å². The van der Waals surface area contributed by atoms with Crippen molar-refractivity contribution in [3.05, 3.63) is 53.3 Å². The summed E-state index contributed by atoms with van der Waals surface area (Å²) in [5.41, 5.74) is 3.24. The predicted molar refractivity (Wildman–Crippen MR) is 80.0 cm³/mol. The molecule has 0 amide bonds. The summed E-state index contributed by atoms with van der Waals surface area (Å²) < 4.78 is 13.6. The van der Waals surface area contributed by atoms with Gasteiger partial charge in [-0.05, 0) is 37.1 Å². The van der Waals surface area contributed by atoms with Crippen molar-refractivity contribution in [1.29, 1.82) is 0 Å². The molecule has 106 valence electrons. The van der Waals surface area contributed by atoms with E-state index < -0.39 is 5.82 Å². The number of para-hydroxylation sites is 1. The van der Waals surface area contributed by atoms with Gasteiger partial charge in [0, 0.05) is 5.39 Å². The van der Waals surface area contributed by atoms with Gasteiger partial charge >= 0.3 is 0 Å². The molecule has 0 radical (unpaired) electrons. The fraction of sp³-hybridized carbons (Fsp3) is 0.125. The number of H-pyrrole nitrogens is 1. The van der Waals surface area contributed by atoms with Crippen LogP contribution >= 0.6 is 0 Å². The number of nitrogens with zero attached hydrogens (tertiary/aromatic N) is 2. The molecular weight excluding hydrogens is 269 g/mol. The molecule has 0 fully saturated rings. The highest BCUT2D eigenvalue weighted by Crippen LogP contribution is 2.37. The van der Waals surface area contributed by atoms with E-state index >= 15 is 0 Å². The molecule has 0 unspecified atom stereocenters. The van der Waals surface area contributed by atoms with E-state index in [1.165, 1.54) is 6.07 Å². The van der Waals surface area contributed by atoms with Crippen molar-refractivity contribution in [2.24, 2.45) is 10.2 Å². The van der Waals surface area contributed by atoms with E-state index in [0.29, 0.717) is 5.39 Å². The maximum atomic E-state index is 13.6. The van der Waals surface area contributed by atoms with E-state index in [4.69, 9.17) is 0 Å². The van der Waals surface area contributed by atoms with Crippen LogP contribution in [0.2, 0.25) is 0 Å². The Morgan fingerprint density at radius 2 is 1.90 bits per heavy atom. The van der Waals surface area contributed by atoms with Crippen LogP contribution in [0.3, 0.4) is 0 Å². The Morgan fingerprint density at radius 1 is 1.10 bits per heavy atom. The minimum Gasteiger partial charge on any atom is -0.493 e. The van der Waals surface area contributed by atoms with Crippen molar-refractivity contribution in [2.45, 2.75) is 13.8 Å². The third-order valence-electron chi connectivity index (χ3n) is 3.36. The Hall–Kier alpha value is -2.69. The van der Waals surface area contributed by atoms with Gasteiger partial charge in [0.2, 0.25) is 5.88 Å². The van der Waals surface area contributed by atoms with E-state index in [1.807, 2.05) is 32.0 Å². The van der Waals surface area contributed by atoms with Crippen LogP contribution in [0.5, 0.6) is 5.88 Å².